The van der Waals surface area contributed by atoms with E-state index in [1.54, 1.807) is 17.6 Å². The van der Waals surface area contributed by atoms with Gasteiger partial charge in [-0.1, -0.05) is 0 Å². The molecule has 1 amide bonds. The molecule has 5 heteroatoms. The van der Waals surface area contributed by atoms with Crippen molar-refractivity contribution in [1.82, 2.24) is 5.43 Å². The Labute approximate surface area is 76.2 Å². The van der Waals surface area contributed by atoms with Gasteiger partial charge in [0.1, 0.15) is 0 Å². The SMILES string of the molecule is O=CN/N=C/c1ccc(Br)s1. The highest BCUT2D eigenvalue weighted by Gasteiger charge is 1.91. The summed E-state index contributed by atoms with van der Waals surface area (Å²) >= 11 is 4.86. The van der Waals surface area contributed by atoms with E-state index < -0.39 is 0 Å². The number of hydrazone groups is 1. The highest BCUT2D eigenvalue weighted by atomic mass is 79.9. The van der Waals surface area contributed by atoms with Gasteiger partial charge >= 0.3 is 0 Å². The van der Waals surface area contributed by atoms with Gasteiger partial charge in [-0.2, -0.15) is 5.10 Å². The molecule has 58 valence electrons. The second-order valence-corrected chi connectivity index (χ2v) is 4.14. The molecule has 0 unspecified atom stereocenters. The first-order valence-corrected chi connectivity index (χ1v) is 4.41. The first kappa shape index (κ1) is 8.42. The summed E-state index contributed by atoms with van der Waals surface area (Å²) in [5.74, 6) is 0. The van der Waals surface area contributed by atoms with Crippen molar-refractivity contribution in [2.75, 3.05) is 0 Å². The fourth-order valence-electron chi connectivity index (χ4n) is 0.529. The van der Waals surface area contributed by atoms with Gasteiger partial charge in [0.05, 0.1) is 10.0 Å². The van der Waals surface area contributed by atoms with Crippen LogP contribution < -0.4 is 5.43 Å². The Morgan fingerprint density at radius 1 is 1.64 bits per heavy atom. The van der Waals surface area contributed by atoms with Gasteiger partial charge in [0.2, 0.25) is 6.41 Å². The smallest absolute Gasteiger partial charge is 0.227 e. The number of hydrogen-bond acceptors (Lipinski definition) is 3. The van der Waals surface area contributed by atoms with Gasteiger partial charge in [-0.05, 0) is 28.1 Å². The summed E-state index contributed by atoms with van der Waals surface area (Å²) in [5, 5.41) is 3.62. The van der Waals surface area contributed by atoms with Gasteiger partial charge in [0, 0.05) is 4.88 Å². The Bertz CT molecular complexity index is 271. The molecule has 1 aromatic heterocycles. The third kappa shape index (κ3) is 2.81. The molecule has 0 aromatic carbocycles. The molecule has 0 bridgehead atoms. The van der Waals surface area contributed by atoms with Gasteiger partial charge < -0.3 is 0 Å². The minimum atomic E-state index is 0.527. The van der Waals surface area contributed by atoms with E-state index in [0.29, 0.717) is 6.41 Å². The predicted octanol–water partition coefficient (Wildman–Crippen LogP) is 1.59. The Morgan fingerprint density at radius 2 is 2.45 bits per heavy atom. The van der Waals surface area contributed by atoms with Crippen LogP contribution in [0.25, 0.3) is 0 Å². The number of thiophene rings is 1. The summed E-state index contributed by atoms with van der Waals surface area (Å²) in [6.45, 7) is 0. The normalized spacial score (nSPS) is 10.3. The molecule has 0 aliphatic rings. The predicted molar refractivity (Wildman–Crippen MR) is 48.8 cm³/mol. The molecule has 1 N–H and O–H groups in total. The van der Waals surface area contributed by atoms with Gasteiger partial charge in [0.15, 0.2) is 0 Å². The zero-order valence-corrected chi connectivity index (χ0v) is 7.85. The molecule has 1 rings (SSSR count). The summed E-state index contributed by atoms with van der Waals surface area (Å²) in [6.07, 6.45) is 2.11. The van der Waals surface area contributed by atoms with Crippen molar-refractivity contribution < 1.29 is 4.79 Å². The Hall–Kier alpha value is -0.680. The van der Waals surface area contributed by atoms with Crippen molar-refractivity contribution in [3.05, 3.63) is 20.8 Å². The molecule has 0 aliphatic carbocycles. The molecule has 0 aliphatic heterocycles. The number of hydrogen-bond donors (Lipinski definition) is 1. The highest BCUT2D eigenvalue weighted by Crippen LogP contribution is 2.20. The first-order valence-electron chi connectivity index (χ1n) is 2.80. The maximum absolute atomic E-state index is 9.77. The van der Waals surface area contributed by atoms with E-state index in [1.165, 1.54) is 0 Å². The number of halogens is 1. The molecular weight excluding hydrogens is 228 g/mol. The zero-order valence-electron chi connectivity index (χ0n) is 5.45. The number of carbonyl (C=O) groups is 1. The lowest BCUT2D eigenvalue weighted by atomic mass is 10.5. The number of nitrogens with zero attached hydrogens (tertiary/aromatic N) is 1. The van der Waals surface area contributed by atoms with Crippen molar-refractivity contribution in [1.29, 1.82) is 0 Å². The fraction of sp³-hybridized carbons (Fsp3) is 0. The van der Waals surface area contributed by atoms with Crippen LogP contribution in [-0.4, -0.2) is 12.6 Å². The van der Waals surface area contributed by atoms with E-state index in [-0.39, 0.29) is 0 Å². The van der Waals surface area contributed by atoms with E-state index in [1.807, 2.05) is 12.1 Å². The van der Waals surface area contributed by atoms with Crippen molar-refractivity contribution >= 4 is 39.9 Å². The average Bonchev–Trinajstić information content (AvgIpc) is 2.37. The maximum atomic E-state index is 9.77. The third-order valence-electron chi connectivity index (χ3n) is 0.913. The number of nitrogens with one attached hydrogen (secondary N) is 1. The lowest BCUT2D eigenvalue weighted by molar-refractivity contribution is -0.109. The van der Waals surface area contributed by atoms with Crippen molar-refractivity contribution in [2.24, 2.45) is 5.10 Å². The van der Waals surface area contributed by atoms with Crippen LogP contribution in [0.3, 0.4) is 0 Å². The van der Waals surface area contributed by atoms with Crippen LogP contribution in [0.15, 0.2) is 21.0 Å². The van der Waals surface area contributed by atoms with Crippen LogP contribution in [0.1, 0.15) is 4.88 Å². The van der Waals surface area contributed by atoms with E-state index in [2.05, 4.69) is 26.5 Å². The van der Waals surface area contributed by atoms with Crippen molar-refractivity contribution in [2.45, 2.75) is 0 Å². The van der Waals surface area contributed by atoms with E-state index in [4.69, 9.17) is 0 Å². The third-order valence-corrected chi connectivity index (χ3v) is 2.47. The first-order chi connectivity index (χ1) is 5.33. The van der Waals surface area contributed by atoms with Crippen LogP contribution in [0.2, 0.25) is 0 Å². The minimum absolute atomic E-state index is 0.527. The molecule has 0 radical (unpaired) electrons. The molecule has 0 atom stereocenters. The molecule has 0 fully saturated rings. The standard InChI is InChI=1S/C6H5BrN2OS/c7-6-2-1-5(11-6)3-8-9-4-10/h1-4H,(H,9,10)/b8-3+. The second-order valence-electron chi connectivity index (χ2n) is 1.65. The second kappa shape index (κ2) is 4.25. The molecule has 0 saturated heterocycles. The summed E-state index contributed by atoms with van der Waals surface area (Å²) in [5.41, 5.74) is 2.19. The topological polar surface area (TPSA) is 41.5 Å². The van der Waals surface area contributed by atoms with Crippen molar-refractivity contribution in [3.8, 4) is 0 Å². The number of carbonyl (C=O) groups excluding carboxylic acids is 1. The number of amides is 1. The molecule has 0 saturated carbocycles. The maximum Gasteiger partial charge on any atom is 0.227 e. The lowest BCUT2D eigenvalue weighted by Crippen LogP contribution is -1.99. The molecule has 1 aromatic rings. The van der Waals surface area contributed by atoms with Crippen LogP contribution in [0.5, 0.6) is 0 Å². The summed E-state index contributed by atoms with van der Waals surface area (Å²) in [6, 6.07) is 3.83. The monoisotopic (exact) mass is 232 g/mol. The van der Waals surface area contributed by atoms with E-state index in [9.17, 15) is 4.79 Å². The van der Waals surface area contributed by atoms with E-state index in [0.717, 1.165) is 8.66 Å². The van der Waals surface area contributed by atoms with Gasteiger partial charge in [-0.15, -0.1) is 11.3 Å². The fourth-order valence-corrected chi connectivity index (χ4v) is 1.82. The van der Waals surface area contributed by atoms with Gasteiger partial charge in [-0.25, -0.2) is 5.43 Å². The summed E-state index contributed by atoms with van der Waals surface area (Å²) in [4.78, 5) is 10.8. The van der Waals surface area contributed by atoms with Crippen LogP contribution >= 0.6 is 27.3 Å². The Kier molecular flexibility index (Phi) is 3.25. The van der Waals surface area contributed by atoms with Gasteiger partial charge in [0.25, 0.3) is 0 Å². The van der Waals surface area contributed by atoms with E-state index >= 15 is 0 Å². The summed E-state index contributed by atoms with van der Waals surface area (Å²) in [7, 11) is 0. The highest BCUT2D eigenvalue weighted by molar-refractivity contribution is 9.11. The lowest BCUT2D eigenvalue weighted by Gasteiger charge is -1.82. The van der Waals surface area contributed by atoms with Gasteiger partial charge in [-0.3, -0.25) is 4.79 Å². The van der Waals surface area contributed by atoms with Crippen molar-refractivity contribution in [3.63, 3.8) is 0 Å². The van der Waals surface area contributed by atoms with Crippen LogP contribution in [0.4, 0.5) is 0 Å². The minimum Gasteiger partial charge on any atom is -0.277 e. The molecule has 1 heterocycles. The Balaban J connectivity index is 2.56. The van der Waals surface area contributed by atoms with Crippen LogP contribution in [0, 0.1) is 0 Å². The molecule has 3 nitrogen and oxygen atoms in total. The van der Waals surface area contributed by atoms with Crippen LogP contribution in [-0.2, 0) is 4.79 Å². The largest absolute Gasteiger partial charge is 0.277 e. The Morgan fingerprint density at radius 3 is 3.00 bits per heavy atom. The average molecular weight is 233 g/mol. The molecule has 11 heavy (non-hydrogen) atoms. The summed E-state index contributed by atoms with van der Waals surface area (Å²) < 4.78 is 1.05. The molecule has 0 spiro atoms. The number of rotatable bonds is 3. The quantitative estimate of drug-likeness (QED) is 0.480. The molecular formula is C6H5BrN2OS. The zero-order chi connectivity index (χ0) is 8.10.